The highest BCUT2D eigenvalue weighted by Gasteiger charge is 2.18. The third-order valence-electron chi connectivity index (χ3n) is 5.71. The molecule has 1 aliphatic rings. The first-order valence-corrected chi connectivity index (χ1v) is 11.0. The van der Waals surface area contributed by atoms with Crippen LogP contribution in [0.3, 0.4) is 0 Å². The lowest BCUT2D eigenvalue weighted by atomic mass is 10.1. The molecule has 0 spiro atoms. The molecule has 0 aliphatic carbocycles. The molecular formula is C22H27ClN6O2. The molecule has 164 valence electrons. The lowest BCUT2D eigenvalue weighted by Crippen LogP contribution is -2.46. The topological polar surface area (TPSA) is 97.4 Å². The number of benzene rings is 1. The van der Waals surface area contributed by atoms with Crippen molar-refractivity contribution >= 4 is 34.4 Å². The summed E-state index contributed by atoms with van der Waals surface area (Å²) in [5.41, 5.74) is 1.48. The molecule has 2 aromatic heterocycles. The molecule has 8 nitrogen and oxygen atoms in total. The highest BCUT2D eigenvalue weighted by molar-refractivity contribution is 6.34. The normalized spacial score (nSPS) is 15.4. The number of aromatic nitrogens is 3. The van der Waals surface area contributed by atoms with E-state index in [4.69, 9.17) is 11.6 Å². The summed E-state index contributed by atoms with van der Waals surface area (Å²) in [5.74, 6) is 0.427. The van der Waals surface area contributed by atoms with Crippen LogP contribution < -0.4 is 5.32 Å². The third-order valence-corrected chi connectivity index (χ3v) is 6.00. The van der Waals surface area contributed by atoms with Gasteiger partial charge in [-0.2, -0.15) is 5.10 Å². The summed E-state index contributed by atoms with van der Waals surface area (Å²) < 4.78 is 0. The van der Waals surface area contributed by atoms with Gasteiger partial charge in [0.15, 0.2) is 11.5 Å². The van der Waals surface area contributed by atoms with Crippen LogP contribution in [0.15, 0.2) is 30.3 Å². The zero-order valence-electron chi connectivity index (χ0n) is 17.6. The van der Waals surface area contributed by atoms with E-state index in [0.717, 1.165) is 45.7 Å². The predicted molar refractivity (Wildman–Crippen MR) is 122 cm³/mol. The van der Waals surface area contributed by atoms with E-state index in [1.165, 1.54) is 0 Å². The van der Waals surface area contributed by atoms with Crippen molar-refractivity contribution in [3.05, 3.63) is 35.4 Å². The summed E-state index contributed by atoms with van der Waals surface area (Å²) in [6.45, 7) is 8.51. The Morgan fingerprint density at radius 2 is 1.97 bits per heavy atom. The van der Waals surface area contributed by atoms with Crippen LogP contribution in [-0.2, 0) is 4.79 Å². The van der Waals surface area contributed by atoms with Crippen molar-refractivity contribution < 1.29 is 9.90 Å². The van der Waals surface area contributed by atoms with Gasteiger partial charge in [-0.15, -0.1) is 0 Å². The average molecular weight is 443 g/mol. The Morgan fingerprint density at radius 1 is 1.23 bits per heavy atom. The number of nitrogens with one attached hydrogen (secondary N) is 2. The number of carbonyl (C=O) groups is 1. The number of anilines is 1. The van der Waals surface area contributed by atoms with Gasteiger partial charge in [0.05, 0.1) is 16.1 Å². The molecular weight excluding hydrogens is 416 g/mol. The van der Waals surface area contributed by atoms with Crippen molar-refractivity contribution in [3.63, 3.8) is 0 Å². The highest BCUT2D eigenvalue weighted by Crippen LogP contribution is 2.35. The molecule has 1 amide bonds. The summed E-state index contributed by atoms with van der Waals surface area (Å²) in [7, 11) is 0. The smallest absolute Gasteiger partial charge is 0.225 e. The Balaban J connectivity index is 1.37. The molecule has 0 radical (unpaired) electrons. The van der Waals surface area contributed by atoms with E-state index in [9.17, 15) is 9.90 Å². The van der Waals surface area contributed by atoms with Gasteiger partial charge in [0.2, 0.25) is 5.91 Å². The number of amides is 1. The zero-order chi connectivity index (χ0) is 21.8. The van der Waals surface area contributed by atoms with Gasteiger partial charge in [-0.25, -0.2) is 4.98 Å². The number of H-pyrrole nitrogens is 1. The number of halogens is 1. The number of carbonyl (C=O) groups excluding carboxylic acids is 1. The van der Waals surface area contributed by atoms with E-state index in [1.54, 1.807) is 30.3 Å². The van der Waals surface area contributed by atoms with Crippen molar-refractivity contribution in [1.29, 1.82) is 0 Å². The molecule has 3 N–H and O–H groups in total. The van der Waals surface area contributed by atoms with Crippen LogP contribution in [0.2, 0.25) is 5.02 Å². The molecule has 0 atom stereocenters. The number of phenols is 1. The van der Waals surface area contributed by atoms with Crippen LogP contribution in [0, 0.1) is 0 Å². The quantitative estimate of drug-likeness (QED) is 0.519. The van der Waals surface area contributed by atoms with Crippen LogP contribution >= 0.6 is 11.6 Å². The Hall–Kier alpha value is -2.68. The highest BCUT2D eigenvalue weighted by atomic mass is 35.5. The predicted octanol–water partition coefficient (Wildman–Crippen LogP) is 3.34. The molecule has 3 aromatic rings. The first-order valence-electron chi connectivity index (χ1n) is 10.6. The molecule has 1 aliphatic heterocycles. The van der Waals surface area contributed by atoms with Crippen LogP contribution in [0.25, 0.3) is 22.3 Å². The van der Waals surface area contributed by atoms with E-state index in [1.807, 2.05) is 0 Å². The van der Waals surface area contributed by atoms with Crippen LogP contribution in [0.5, 0.6) is 5.75 Å². The van der Waals surface area contributed by atoms with Gasteiger partial charge in [-0.05, 0) is 37.7 Å². The Kier molecular flexibility index (Phi) is 6.70. The number of aromatic hydroxyl groups is 1. The number of hydrogen-bond donors (Lipinski definition) is 3. The molecule has 4 rings (SSSR count). The van der Waals surface area contributed by atoms with Crippen molar-refractivity contribution in [2.45, 2.75) is 19.8 Å². The van der Waals surface area contributed by atoms with Crippen molar-refractivity contribution in [1.82, 2.24) is 25.0 Å². The molecule has 9 heteroatoms. The summed E-state index contributed by atoms with van der Waals surface area (Å²) >= 11 is 6.43. The van der Waals surface area contributed by atoms with E-state index >= 15 is 0 Å². The summed E-state index contributed by atoms with van der Waals surface area (Å²) in [6, 6.07) is 8.58. The molecule has 3 heterocycles. The van der Waals surface area contributed by atoms with Crippen molar-refractivity contribution in [3.8, 4) is 17.0 Å². The van der Waals surface area contributed by atoms with Gasteiger partial charge in [-0.1, -0.05) is 30.7 Å². The Labute approximate surface area is 186 Å². The van der Waals surface area contributed by atoms with Crippen molar-refractivity contribution in [2.75, 3.05) is 44.6 Å². The number of aromatic amines is 1. The molecule has 1 fully saturated rings. The summed E-state index contributed by atoms with van der Waals surface area (Å²) in [5, 5.41) is 21.0. The van der Waals surface area contributed by atoms with Crippen LogP contribution in [0.4, 0.5) is 5.82 Å². The second-order valence-electron chi connectivity index (χ2n) is 7.73. The maximum atomic E-state index is 12.4. The average Bonchev–Trinajstić information content (AvgIpc) is 3.15. The van der Waals surface area contributed by atoms with E-state index in [0.29, 0.717) is 39.6 Å². The standard InChI is InChI=1S/C22H27ClN6O2/c1-2-28-10-12-29(13-11-28)9-5-8-19(31)24-21-16-14-17(23)20(25-22(16)27-26-21)15-6-3-4-7-18(15)30/h3-4,6-7,14,30H,2,5,8-13H2,1H3,(H2,24,25,26,27,31). The maximum absolute atomic E-state index is 12.4. The van der Waals surface area contributed by atoms with E-state index < -0.39 is 0 Å². The summed E-state index contributed by atoms with van der Waals surface area (Å²) in [4.78, 5) is 21.8. The van der Waals surface area contributed by atoms with Gasteiger partial charge in [0, 0.05) is 38.2 Å². The second kappa shape index (κ2) is 9.64. The fraction of sp³-hybridized carbons (Fsp3) is 0.409. The fourth-order valence-electron chi connectivity index (χ4n) is 3.87. The lowest BCUT2D eigenvalue weighted by Gasteiger charge is -2.33. The number of nitrogens with zero attached hydrogens (tertiary/aromatic N) is 4. The number of fused-ring (bicyclic) bond motifs is 1. The van der Waals surface area contributed by atoms with Gasteiger partial charge in [0.25, 0.3) is 0 Å². The van der Waals surface area contributed by atoms with Gasteiger partial charge >= 0.3 is 0 Å². The fourth-order valence-corrected chi connectivity index (χ4v) is 4.12. The number of likely N-dealkylation sites (N-methyl/N-ethyl adjacent to an activating group) is 1. The first-order chi connectivity index (χ1) is 15.0. The molecule has 0 bridgehead atoms. The van der Waals surface area contributed by atoms with E-state index in [-0.39, 0.29) is 11.7 Å². The number of pyridine rings is 1. The van der Waals surface area contributed by atoms with Gasteiger partial charge in [0.1, 0.15) is 5.75 Å². The maximum Gasteiger partial charge on any atom is 0.225 e. The van der Waals surface area contributed by atoms with Gasteiger partial charge < -0.3 is 20.2 Å². The zero-order valence-corrected chi connectivity index (χ0v) is 18.3. The number of rotatable bonds is 7. The first kappa shape index (κ1) is 21.5. The SMILES string of the molecule is CCN1CCN(CCCC(=O)Nc2n[nH]c3nc(-c4ccccc4O)c(Cl)cc23)CC1. The second-order valence-corrected chi connectivity index (χ2v) is 8.14. The summed E-state index contributed by atoms with van der Waals surface area (Å²) in [6.07, 6.45) is 1.23. The number of para-hydroxylation sites is 1. The Morgan fingerprint density at radius 3 is 2.71 bits per heavy atom. The van der Waals surface area contributed by atoms with Crippen LogP contribution in [-0.4, -0.2) is 75.3 Å². The van der Waals surface area contributed by atoms with E-state index in [2.05, 4.69) is 37.2 Å². The minimum Gasteiger partial charge on any atom is -0.507 e. The lowest BCUT2D eigenvalue weighted by molar-refractivity contribution is -0.116. The van der Waals surface area contributed by atoms with Gasteiger partial charge in [-0.3, -0.25) is 9.89 Å². The number of phenolic OH excluding ortho intramolecular Hbond substituents is 1. The number of piperazine rings is 1. The molecule has 0 unspecified atom stereocenters. The molecule has 1 saturated heterocycles. The minimum atomic E-state index is -0.0819. The molecule has 0 saturated carbocycles. The van der Waals surface area contributed by atoms with Crippen LogP contribution in [0.1, 0.15) is 19.8 Å². The minimum absolute atomic E-state index is 0.0819. The molecule has 1 aromatic carbocycles. The monoisotopic (exact) mass is 442 g/mol. The Bertz CT molecular complexity index is 1060. The molecule has 31 heavy (non-hydrogen) atoms. The largest absolute Gasteiger partial charge is 0.507 e. The third kappa shape index (κ3) is 4.98. The van der Waals surface area contributed by atoms with Crippen molar-refractivity contribution in [2.24, 2.45) is 0 Å². The number of hydrogen-bond acceptors (Lipinski definition) is 6.